The molecule has 36 heavy (non-hydrogen) atoms. The lowest BCUT2D eigenvalue weighted by atomic mass is 9.74. The Morgan fingerprint density at radius 1 is 1.00 bits per heavy atom. The number of nitrogens with zero attached hydrogens (tertiary/aromatic N) is 2. The van der Waals surface area contributed by atoms with Crippen LogP contribution in [0.25, 0.3) is 11.1 Å². The van der Waals surface area contributed by atoms with Gasteiger partial charge in [-0.2, -0.15) is 0 Å². The topological polar surface area (TPSA) is 65.0 Å². The van der Waals surface area contributed by atoms with Crippen molar-refractivity contribution in [3.63, 3.8) is 0 Å². The van der Waals surface area contributed by atoms with Crippen LogP contribution in [0.2, 0.25) is 0 Å². The number of hydrogen-bond acceptors (Lipinski definition) is 4. The maximum absolute atomic E-state index is 13.2. The van der Waals surface area contributed by atoms with Gasteiger partial charge in [0.1, 0.15) is 5.75 Å². The fraction of sp³-hybridized carbons (Fsp3) is 0.367. The maximum atomic E-state index is 13.2. The molecule has 0 spiro atoms. The molecule has 2 amide bonds. The van der Waals surface area contributed by atoms with Gasteiger partial charge in [0.15, 0.2) is 0 Å². The Hall–Kier alpha value is -3.35. The summed E-state index contributed by atoms with van der Waals surface area (Å²) < 4.78 is 5.22. The molecule has 3 aromatic carbocycles. The number of aliphatic hydroxyl groups is 1. The molecule has 2 saturated heterocycles. The van der Waals surface area contributed by atoms with Gasteiger partial charge in [0.25, 0.3) is 0 Å². The lowest BCUT2D eigenvalue weighted by molar-refractivity contribution is -0.0585. The number of aliphatic hydroxyl groups excluding tert-OH is 1. The molecule has 2 aliphatic rings. The van der Waals surface area contributed by atoms with Gasteiger partial charge in [-0.15, -0.1) is 0 Å². The largest absolute Gasteiger partial charge is 0.497 e. The van der Waals surface area contributed by atoms with E-state index in [1.54, 1.807) is 7.11 Å². The molecule has 0 unspecified atom stereocenters. The summed E-state index contributed by atoms with van der Waals surface area (Å²) in [6, 6.07) is 24.8. The van der Waals surface area contributed by atoms with Crippen LogP contribution in [-0.4, -0.2) is 66.4 Å². The predicted octanol–water partition coefficient (Wildman–Crippen LogP) is 5.13. The lowest BCUT2D eigenvalue weighted by Gasteiger charge is -2.57. The third kappa shape index (κ3) is 4.84. The zero-order chi connectivity index (χ0) is 25.1. The van der Waals surface area contributed by atoms with E-state index >= 15 is 0 Å². The zero-order valence-electron chi connectivity index (χ0n) is 21.1. The number of methoxy groups -OCH3 is 1. The van der Waals surface area contributed by atoms with E-state index in [2.05, 4.69) is 65.7 Å². The van der Waals surface area contributed by atoms with Crippen LogP contribution in [-0.2, 0) is 0 Å². The van der Waals surface area contributed by atoms with Crippen LogP contribution in [0, 0.1) is 6.92 Å². The number of carbonyl (C=O) groups excluding carboxylic acids is 1. The molecule has 2 fully saturated rings. The van der Waals surface area contributed by atoms with E-state index < -0.39 is 0 Å². The van der Waals surface area contributed by atoms with Gasteiger partial charge < -0.3 is 20.1 Å². The molecule has 0 saturated carbocycles. The summed E-state index contributed by atoms with van der Waals surface area (Å²) in [4.78, 5) is 17.5. The third-order valence-corrected chi connectivity index (χ3v) is 7.75. The van der Waals surface area contributed by atoms with Crippen molar-refractivity contribution in [1.29, 1.82) is 0 Å². The number of benzene rings is 3. The van der Waals surface area contributed by atoms with Crippen LogP contribution < -0.4 is 10.1 Å². The highest BCUT2D eigenvalue weighted by molar-refractivity contribution is 5.89. The highest BCUT2D eigenvalue weighted by Gasteiger charge is 2.49. The molecule has 3 aromatic rings. The lowest BCUT2D eigenvalue weighted by Crippen LogP contribution is -2.68. The van der Waals surface area contributed by atoms with E-state index in [0.29, 0.717) is 6.54 Å². The van der Waals surface area contributed by atoms with E-state index in [-0.39, 0.29) is 30.6 Å². The van der Waals surface area contributed by atoms with Crippen molar-refractivity contribution in [3.8, 4) is 16.9 Å². The predicted molar refractivity (Wildman–Crippen MR) is 144 cm³/mol. The number of hydrogen-bond donors (Lipinski definition) is 2. The van der Waals surface area contributed by atoms with Gasteiger partial charge in [-0.25, -0.2) is 4.79 Å². The average molecular weight is 486 g/mol. The SMILES string of the molecule is COc1ccc(NC(=O)N2CCCCN3[C@@H](CO)[C@H](c4ccc(-c5ccccc5C)cc4)[C@@H]3C2)cc1. The molecule has 2 aliphatic heterocycles. The van der Waals surface area contributed by atoms with E-state index in [9.17, 15) is 9.90 Å². The van der Waals surface area contributed by atoms with Gasteiger partial charge >= 0.3 is 6.03 Å². The number of anilines is 1. The number of amides is 2. The molecule has 0 aliphatic carbocycles. The number of fused-ring (bicyclic) bond motifs is 1. The maximum Gasteiger partial charge on any atom is 0.321 e. The Kier molecular flexibility index (Phi) is 7.25. The monoisotopic (exact) mass is 485 g/mol. The Balaban J connectivity index is 1.33. The van der Waals surface area contributed by atoms with Crippen molar-refractivity contribution in [1.82, 2.24) is 9.80 Å². The van der Waals surface area contributed by atoms with Crippen LogP contribution in [0.4, 0.5) is 10.5 Å². The molecule has 0 radical (unpaired) electrons. The first-order valence-corrected chi connectivity index (χ1v) is 12.8. The van der Waals surface area contributed by atoms with Gasteiger partial charge in [-0.1, -0.05) is 48.5 Å². The van der Waals surface area contributed by atoms with Crippen LogP contribution in [0.5, 0.6) is 5.75 Å². The molecule has 6 nitrogen and oxygen atoms in total. The zero-order valence-corrected chi connectivity index (χ0v) is 21.1. The fourth-order valence-corrected chi connectivity index (χ4v) is 5.78. The van der Waals surface area contributed by atoms with Crippen molar-refractivity contribution in [3.05, 3.63) is 83.9 Å². The van der Waals surface area contributed by atoms with Gasteiger partial charge in [0.2, 0.25) is 0 Å². The van der Waals surface area contributed by atoms with Crippen molar-refractivity contribution >= 4 is 11.7 Å². The first-order chi connectivity index (χ1) is 17.6. The fourth-order valence-electron chi connectivity index (χ4n) is 5.78. The van der Waals surface area contributed by atoms with Crippen LogP contribution >= 0.6 is 0 Å². The van der Waals surface area contributed by atoms with E-state index in [4.69, 9.17) is 4.74 Å². The molecular weight excluding hydrogens is 450 g/mol. The number of urea groups is 1. The minimum absolute atomic E-state index is 0.0804. The molecule has 188 valence electrons. The molecule has 2 heterocycles. The van der Waals surface area contributed by atoms with E-state index in [0.717, 1.165) is 37.4 Å². The molecule has 5 rings (SSSR count). The minimum atomic E-state index is -0.0804. The van der Waals surface area contributed by atoms with Crippen molar-refractivity contribution in [2.75, 3.05) is 38.7 Å². The summed E-state index contributed by atoms with van der Waals surface area (Å²) in [5.41, 5.74) is 5.68. The number of ether oxygens (including phenoxy) is 1. The van der Waals surface area contributed by atoms with Gasteiger partial charge in [-0.3, -0.25) is 4.90 Å². The molecule has 3 atom stereocenters. The number of rotatable bonds is 5. The average Bonchev–Trinajstić information content (AvgIpc) is 2.89. The Morgan fingerprint density at radius 2 is 1.72 bits per heavy atom. The number of aryl methyl sites for hydroxylation is 1. The Labute approximate surface area is 213 Å². The quantitative estimate of drug-likeness (QED) is 0.526. The number of nitrogens with one attached hydrogen (secondary N) is 1. The smallest absolute Gasteiger partial charge is 0.321 e. The van der Waals surface area contributed by atoms with E-state index in [1.165, 1.54) is 22.3 Å². The second-order valence-corrected chi connectivity index (χ2v) is 9.83. The summed E-state index contributed by atoms with van der Waals surface area (Å²) >= 11 is 0. The molecular formula is C30H35N3O3. The standard InChI is InChI=1S/C30H35N3O3/c1-21-7-3-4-8-26(21)22-9-11-23(12-10-22)29-27-19-32(17-5-6-18-33(27)28(29)20-34)30(35)31-24-13-15-25(36-2)16-14-24/h3-4,7-16,27-29,34H,5-6,17-20H2,1-2H3,(H,31,35)/t27-,28-,29+/m0/s1. The Morgan fingerprint density at radius 3 is 2.42 bits per heavy atom. The second-order valence-electron chi connectivity index (χ2n) is 9.83. The highest BCUT2D eigenvalue weighted by atomic mass is 16.5. The molecule has 2 N–H and O–H groups in total. The minimum Gasteiger partial charge on any atom is -0.497 e. The van der Waals surface area contributed by atoms with Gasteiger partial charge in [0.05, 0.1) is 13.7 Å². The second kappa shape index (κ2) is 10.7. The van der Waals surface area contributed by atoms with Crippen molar-refractivity contribution < 1.29 is 14.6 Å². The van der Waals surface area contributed by atoms with E-state index in [1.807, 2.05) is 29.2 Å². The molecule has 0 aromatic heterocycles. The first kappa shape index (κ1) is 24.3. The van der Waals surface area contributed by atoms with Crippen LogP contribution in [0.1, 0.15) is 29.9 Å². The summed E-state index contributed by atoms with van der Waals surface area (Å²) in [7, 11) is 1.63. The summed E-state index contributed by atoms with van der Waals surface area (Å²) in [6.45, 7) is 4.59. The van der Waals surface area contributed by atoms with Crippen molar-refractivity contribution in [2.24, 2.45) is 0 Å². The summed E-state index contributed by atoms with van der Waals surface area (Å²) in [6.07, 6.45) is 1.96. The molecule has 6 heteroatoms. The highest BCUT2D eigenvalue weighted by Crippen LogP contribution is 2.42. The summed E-state index contributed by atoms with van der Waals surface area (Å²) in [5.74, 6) is 0.950. The third-order valence-electron chi connectivity index (χ3n) is 7.75. The Bertz CT molecular complexity index is 1180. The number of carbonyl (C=O) groups is 1. The summed E-state index contributed by atoms with van der Waals surface area (Å²) in [5, 5.41) is 13.3. The van der Waals surface area contributed by atoms with Gasteiger partial charge in [-0.05, 0) is 72.8 Å². The first-order valence-electron chi connectivity index (χ1n) is 12.8. The van der Waals surface area contributed by atoms with Gasteiger partial charge in [0, 0.05) is 36.8 Å². The van der Waals surface area contributed by atoms with Crippen molar-refractivity contribution in [2.45, 2.75) is 37.8 Å². The van der Waals surface area contributed by atoms with Crippen LogP contribution in [0.15, 0.2) is 72.8 Å². The van der Waals surface area contributed by atoms with Crippen LogP contribution in [0.3, 0.4) is 0 Å². The normalized spacial score (nSPS) is 22.1. The molecule has 0 bridgehead atoms.